The molecule has 1 saturated carbocycles. The highest BCUT2D eigenvalue weighted by atomic mass is 19.1. The average Bonchev–Trinajstić information content (AvgIpc) is 3.74. The number of hydrogen-bond donors (Lipinski definition) is 1. The number of fused-ring (bicyclic) bond motifs is 1. The van der Waals surface area contributed by atoms with Gasteiger partial charge in [0.2, 0.25) is 5.88 Å². The van der Waals surface area contributed by atoms with E-state index in [1.807, 2.05) is 18.2 Å². The molecule has 3 heterocycles. The van der Waals surface area contributed by atoms with Crippen LogP contribution in [0.4, 0.5) is 4.39 Å². The van der Waals surface area contributed by atoms with Crippen LogP contribution in [0.1, 0.15) is 73.8 Å². The molecule has 2 unspecified atom stereocenters. The fourth-order valence-corrected chi connectivity index (χ4v) is 6.48. The van der Waals surface area contributed by atoms with Crippen LogP contribution in [0.3, 0.4) is 0 Å². The number of carboxylic acid groups (broad SMARTS) is 1. The lowest BCUT2D eigenvalue weighted by molar-refractivity contribution is -0.141. The third kappa shape index (κ3) is 5.31. The fraction of sp³-hybridized carbons (Fsp3) is 0.455. The standard InChI is InChI=1S/C33H37FN2O4/c1-21(32(37)38)15-22-5-6-23-8-10-29(40-30(23)16-22)24-7-9-26(27-18-31(39-2)35-19-28(27)34)25(17-24)20-36-14-4-3-11-33(36)12-13-33/h5-7,9,16-19,21,29H,3-4,8,10-15,20H2,1-2H3,(H,37,38). The van der Waals surface area contributed by atoms with E-state index in [0.717, 1.165) is 59.5 Å². The van der Waals surface area contributed by atoms with Gasteiger partial charge in [-0.3, -0.25) is 9.69 Å². The lowest BCUT2D eigenvalue weighted by atomic mass is 9.90. The molecule has 1 aromatic heterocycles. The lowest BCUT2D eigenvalue weighted by Crippen LogP contribution is -2.40. The Balaban J connectivity index is 1.32. The normalized spacial score (nSPS) is 20.4. The summed E-state index contributed by atoms with van der Waals surface area (Å²) in [6, 6.07) is 14.0. The molecule has 40 heavy (non-hydrogen) atoms. The van der Waals surface area contributed by atoms with Crippen molar-refractivity contribution in [3.8, 4) is 22.8 Å². The van der Waals surface area contributed by atoms with E-state index >= 15 is 4.39 Å². The molecule has 2 fully saturated rings. The van der Waals surface area contributed by atoms with Crippen molar-refractivity contribution >= 4 is 5.97 Å². The van der Waals surface area contributed by atoms with Crippen LogP contribution in [-0.4, -0.2) is 40.2 Å². The van der Waals surface area contributed by atoms with Gasteiger partial charge in [0, 0.05) is 23.7 Å². The van der Waals surface area contributed by atoms with Crippen LogP contribution in [-0.2, 0) is 24.2 Å². The zero-order chi connectivity index (χ0) is 27.9. The van der Waals surface area contributed by atoms with Crippen LogP contribution in [0.5, 0.6) is 11.6 Å². The maximum absolute atomic E-state index is 15.1. The number of piperidine rings is 1. The number of ether oxygens (including phenoxy) is 2. The highest BCUT2D eigenvalue weighted by molar-refractivity contribution is 5.70. The second-order valence-corrected chi connectivity index (χ2v) is 11.8. The highest BCUT2D eigenvalue weighted by Crippen LogP contribution is 2.49. The molecule has 1 saturated heterocycles. The number of likely N-dealkylation sites (tertiary alicyclic amines) is 1. The van der Waals surface area contributed by atoms with E-state index in [4.69, 9.17) is 9.47 Å². The summed E-state index contributed by atoms with van der Waals surface area (Å²) in [6.07, 6.45) is 9.51. The van der Waals surface area contributed by atoms with Crippen LogP contribution in [0, 0.1) is 11.7 Å². The van der Waals surface area contributed by atoms with E-state index in [1.54, 1.807) is 20.1 Å². The second-order valence-electron chi connectivity index (χ2n) is 11.8. The van der Waals surface area contributed by atoms with Gasteiger partial charge in [0.25, 0.3) is 0 Å². The molecule has 0 radical (unpaired) electrons. The summed E-state index contributed by atoms with van der Waals surface area (Å²) >= 11 is 0. The number of methoxy groups -OCH3 is 1. The molecule has 0 bridgehead atoms. The second kappa shape index (κ2) is 10.8. The summed E-state index contributed by atoms with van der Waals surface area (Å²) in [5.74, 6) is -0.392. The van der Waals surface area contributed by atoms with E-state index < -0.39 is 11.9 Å². The summed E-state index contributed by atoms with van der Waals surface area (Å²) < 4.78 is 27.0. The number of rotatable bonds is 8. The third-order valence-electron chi connectivity index (χ3n) is 9.05. The maximum atomic E-state index is 15.1. The molecule has 0 amide bonds. The number of hydrogen-bond acceptors (Lipinski definition) is 5. The number of carboxylic acids is 1. The predicted octanol–water partition coefficient (Wildman–Crippen LogP) is 6.74. The van der Waals surface area contributed by atoms with Gasteiger partial charge in [-0.15, -0.1) is 0 Å². The molecule has 1 N–H and O–H groups in total. The molecule has 2 atom stereocenters. The van der Waals surface area contributed by atoms with Gasteiger partial charge in [-0.2, -0.15) is 0 Å². The van der Waals surface area contributed by atoms with Gasteiger partial charge in [0.15, 0.2) is 0 Å². The number of nitrogens with zero attached hydrogens (tertiary/aromatic N) is 2. The monoisotopic (exact) mass is 544 g/mol. The van der Waals surface area contributed by atoms with Crippen molar-refractivity contribution in [2.75, 3.05) is 13.7 Å². The number of carbonyl (C=O) groups is 1. The van der Waals surface area contributed by atoms with Crippen molar-refractivity contribution in [2.24, 2.45) is 5.92 Å². The Bertz CT molecular complexity index is 1420. The van der Waals surface area contributed by atoms with Crippen LogP contribution in [0.2, 0.25) is 0 Å². The van der Waals surface area contributed by atoms with E-state index in [-0.39, 0.29) is 11.9 Å². The zero-order valence-corrected chi connectivity index (χ0v) is 23.3. The van der Waals surface area contributed by atoms with Gasteiger partial charge in [0.1, 0.15) is 17.7 Å². The van der Waals surface area contributed by atoms with Crippen molar-refractivity contribution in [3.63, 3.8) is 0 Å². The number of pyridine rings is 1. The molecule has 2 aromatic carbocycles. The SMILES string of the molecule is COc1cc(-c2ccc(C3CCc4ccc(CC(C)C(=O)O)cc4O3)cc2CN2CCCCC23CC3)c(F)cn1. The third-order valence-corrected chi connectivity index (χ3v) is 9.05. The molecular weight excluding hydrogens is 507 g/mol. The first-order valence-corrected chi connectivity index (χ1v) is 14.4. The molecule has 3 aromatic rings. The van der Waals surface area contributed by atoms with E-state index in [0.29, 0.717) is 23.4 Å². The molecule has 7 heteroatoms. The van der Waals surface area contributed by atoms with Crippen molar-refractivity contribution in [3.05, 3.63) is 76.7 Å². The topological polar surface area (TPSA) is 71.9 Å². The number of aromatic nitrogens is 1. The fourth-order valence-electron chi connectivity index (χ4n) is 6.48. The van der Waals surface area contributed by atoms with Gasteiger partial charge in [0.05, 0.1) is 19.2 Å². The molecule has 1 aliphatic carbocycles. The van der Waals surface area contributed by atoms with Crippen molar-refractivity contribution in [2.45, 2.75) is 76.5 Å². The Morgan fingerprint density at radius 3 is 2.80 bits per heavy atom. The smallest absolute Gasteiger partial charge is 0.306 e. The number of halogens is 1. The summed E-state index contributed by atoms with van der Waals surface area (Å²) in [7, 11) is 1.55. The minimum absolute atomic E-state index is 0.125. The Morgan fingerprint density at radius 1 is 1.18 bits per heavy atom. The van der Waals surface area contributed by atoms with Crippen molar-refractivity contribution in [1.29, 1.82) is 0 Å². The quantitative estimate of drug-likeness (QED) is 0.339. The van der Waals surface area contributed by atoms with Crippen LogP contribution >= 0.6 is 0 Å². The Kier molecular flexibility index (Phi) is 7.26. The number of benzene rings is 2. The summed E-state index contributed by atoms with van der Waals surface area (Å²) in [6.45, 7) is 3.56. The van der Waals surface area contributed by atoms with Gasteiger partial charge in [-0.25, -0.2) is 9.37 Å². The van der Waals surface area contributed by atoms with Gasteiger partial charge in [-0.1, -0.05) is 43.7 Å². The first kappa shape index (κ1) is 26.8. The van der Waals surface area contributed by atoms with Gasteiger partial charge in [-0.05, 0) is 85.4 Å². The summed E-state index contributed by atoms with van der Waals surface area (Å²) in [5.41, 5.74) is 5.96. The lowest BCUT2D eigenvalue weighted by Gasteiger charge is -2.37. The first-order valence-electron chi connectivity index (χ1n) is 14.4. The number of aryl methyl sites for hydroxylation is 1. The molecule has 2 aliphatic heterocycles. The first-order chi connectivity index (χ1) is 19.3. The minimum Gasteiger partial charge on any atom is -0.485 e. The average molecular weight is 545 g/mol. The maximum Gasteiger partial charge on any atom is 0.306 e. The molecule has 6 rings (SSSR count). The zero-order valence-electron chi connectivity index (χ0n) is 23.3. The van der Waals surface area contributed by atoms with Crippen LogP contribution in [0.25, 0.3) is 11.1 Å². The van der Waals surface area contributed by atoms with Gasteiger partial charge >= 0.3 is 5.97 Å². The minimum atomic E-state index is -0.797. The van der Waals surface area contributed by atoms with E-state index in [9.17, 15) is 9.90 Å². The number of aliphatic carboxylic acids is 1. The van der Waals surface area contributed by atoms with E-state index in [1.165, 1.54) is 38.3 Å². The summed E-state index contributed by atoms with van der Waals surface area (Å²) in [5, 5.41) is 9.33. The van der Waals surface area contributed by atoms with E-state index in [2.05, 4.69) is 28.1 Å². The highest BCUT2D eigenvalue weighted by Gasteiger charge is 2.48. The predicted molar refractivity (Wildman–Crippen MR) is 151 cm³/mol. The van der Waals surface area contributed by atoms with Crippen molar-refractivity contribution < 1.29 is 23.8 Å². The molecule has 210 valence electrons. The van der Waals surface area contributed by atoms with Gasteiger partial charge < -0.3 is 14.6 Å². The van der Waals surface area contributed by atoms with Crippen LogP contribution < -0.4 is 9.47 Å². The Morgan fingerprint density at radius 2 is 2.02 bits per heavy atom. The molecule has 6 nitrogen and oxygen atoms in total. The van der Waals surface area contributed by atoms with Crippen molar-refractivity contribution in [1.82, 2.24) is 9.88 Å². The molecule has 1 spiro atoms. The molecule has 3 aliphatic rings. The molecular formula is C33H37FN2O4. The Hall–Kier alpha value is -3.45. The largest absolute Gasteiger partial charge is 0.485 e. The summed E-state index contributed by atoms with van der Waals surface area (Å²) in [4.78, 5) is 18.0. The van der Waals surface area contributed by atoms with Crippen LogP contribution in [0.15, 0.2) is 48.7 Å². The Labute approximate surface area is 235 Å².